The van der Waals surface area contributed by atoms with Gasteiger partial charge in [0.15, 0.2) is 0 Å². The first-order chi connectivity index (χ1) is 6.11. The average Bonchev–Trinajstić information content (AvgIpc) is 2.13. The molecule has 0 radical (unpaired) electrons. The summed E-state index contributed by atoms with van der Waals surface area (Å²) in [6, 6.07) is 0. The number of hydrogen-bond donors (Lipinski definition) is 1. The molecule has 0 amide bonds. The Morgan fingerprint density at radius 1 is 1.54 bits per heavy atom. The summed E-state index contributed by atoms with van der Waals surface area (Å²) in [4.78, 5) is 10.9. The van der Waals surface area contributed by atoms with E-state index in [9.17, 15) is 9.90 Å². The Bertz CT molecular complexity index is 175. The molecule has 0 aromatic heterocycles. The molecule has 0 saturated heterocycles. The molecule has 0 bridgehead atoms. The van der Waals surface area contributed by atoms with Crippen LogP contribution in [0, 0.1) is 5.92 Å². The maximum atomic E-state index is 10.9. The van der Waals surface area contributed by atoms with E-state index in [2.05, 4.69) is 0 Å². The van der Waals surface area contributed by atoms with Gasteiger partial charge in [-0.15, -0.1) is 0 Å². The average molecular weight is 186 g/mol. The fourth-order valence-corrected chi connectivity index (χ4v) is 0.921. The van der Waals surface area contributed by atoms with Crippen LogP contribution in [-0.4, -0.2) is 23.8 Å². The minimum Gasteiger partial charge on any atom is -0.463 e. The molecule has 0 heterocycles. The molecule has 0 spiro atoms. The molecule has 76 valence electrons. The molecule has 13 heavy (non-hydrogen) atoms. The summed E-state index contributed by atoms with van der Waals surface area (Å²) in [6.45, 7) is 5.91. The second-order valence-corrected chi connectivity index (χ2v) is 2.95. The van der Waals surface area contributed by atoms with Crippen LogP contribution >= 0.6 is 0 Å². The molecule has 0 fully saturated rings. The lowest BCUT2D eigenvalue weighted by Crippen LogP contribution is -2.14. The minimum absolute atomic E-state index is 0.00518. The van der Waals surface area contributed by atoms with Gasteiger partial charge in [0.25, 0.3) is 0 Å². The molecule has 0 saturated carbocycles. The maximum absolute atomic E-state index is 10.9. The van der Waals surface area contributed by atoms with Gasteiger partial charge in [0.1, 0.15) is 0 Å². The lowest BCUT2D eigenvalue weighted by Gasteiger charge is -2.11. The Morgan fingerprint density at radius 3 is 2.62 bits per heavy atom. The first kappa shape index (κ1) is 12.2. The fourth-order valence-electron chi connectivity index (χ4n) is 0.921. The Balaban J connectivity index is 3.88. The summed E-state index contributed by atoms with van der Waals surface area (Å²) in [5.41, 5.74) is 0. The van der Waals surface area contributed by atoms with Crippen LogP contribution in [0.5, 0.6) is 0 Å². The van der Waals surface area contributed by atoms with Crippen LogP contribution in [-0.2, 0) is 9.53 Å². The molecule has 1 N–H and O–H groups in total. The van der Waals surface area contributed by atoms with Gasteiger partial charge in [-0.2, -0.15) is 0 Å². The van der Waals surface area contributed by atoms with Gasteiger partial charge >= 0.3 is 5.97 Å². The number of carbonyl (C=O) groups excluding carboxylic acids is 1. The molecule has 3 nitrogen and oxygen atoms in total. The van der Waals surface area contributed by atoms with Gasteiger partial charge in [-0.3, -0.25) is 0 Å². The summed E-state index contributed by atoms with van der Waals surface area (Å²) in [6.07, 6.45) is 3.35. The van der Waals surface area contributed by atoms with Crippen LogP contribution in [0.15, 0.2) is 12.2 Å². The van der Waals surface area contributed by atoms with E-state index in [1.54, 1.807) is 13.0 Å². The third-order valence-electron chi connectivity index (χ3n) is 1.85. The van der Waals surface area contributed by atoms with Crippen LogP contribution < -0.4 is 0 Å². The van der Waals surface area contributed by atoms with E-state index in [0.29, 0.717) is 13.0 Å². The number of ether oxygens (including phenoxy) is 1. The van der Waals surface area contributed by atoms with Gasteiger partial charge in [0.05, 0.1) is 12.7 Å². The van der Waals surface area contributed by atoms with E-state index in [-0.39, 0.29) is 18.0 Å². The lowest BCUT2D eigenvalue weighted by atomic mass is 10.0. The Morgan fingerprint density at radius 2 is 2.15 bits per heavy atom. The quantitative estimate of drug-likeness (QED) is 0.523. The molecule has 2 atom stereocenters. The van der Waals surface area contributed by atoms with Crippen molar-refractivity contribution in [2.75, 3.05) is 6.61 Å². The van der Waals surface area contributed by atoms with E-state index < -0.39 is 0 Å². The predicted octanol–water partition coefficient (Wildman–Crippen LogP) is 1.51. The third kappa shape index (κ3) is 5.42. The summed E-state index contributed by atoms with van der Waals surface area (Å²) in [5, 5.41) is 9.37. The number of carbonyl (C=O) groups is 1. The molecular formula is C10H18O3. The van der Waals surface area contributed by atoms with Crippen molar-refractivity contribution < 1.29 is 14.6 Å². The molecule has 2 unspecified atom stereocenters. The first-order valence-corrected chi connectivity index (χ1v) is 4.64. The van der Waals surface area contributed by atoms with E-state index >= 15 is 0 Å². The van der Waals surface area contributed by atoms with E-state index in [1.807, 2.05) is 13.8 Å². The number of aliphatic hydroxyl groups is 1. The Kier molecular flexibility index (Phi) is 6.24. The summed E-state index contributed by atoms with van der Waals surface area (Å²) >= 11 is 0. The molecule has 3 heteroatoms. The maximum Gasteiger partial charge on any atom is 0.330 e. The predicted molar refractivity (Wildman–Crippen MR) is 51.2 cm³/mol. The molecule has 0 aromatic carbocycles. The fraction of sp³-hybridized carbons (Fsp3) is 0.700. The van der Waals surface area contributed by atoms with Crippen molar-refractivity contribution in [3.05, 3.63) is 12.2 Å². The van der Waals surface area contributed by atoms with Crippen LogP contribution in [0.4, 0.5) is 0 Å². The smallest absolute Gasteiger partial charge is 0.330 e. The number of esters is 1. The van der Waals surface area contributed by atoms with Gasteiger partial charge < -0.3 is 9.84 Å². The van der Waals surface area contributed by atoms with Crippen molar-refractivity contribution >= 4 is 5.97 Å². The van der Waals surface area contributed by atoms with Crippen molar-refractivity contribution in [2.45, 2.75) is 33.3 Å². The van der Waals surface area contributed by atoms with Crippen LogP contribution in [0.25, 0.3) is 0 Å². The van der Waals surface area contributed by atoms with Gasteiger partial charge in [-0.05, 0) is 13.3 Å². The van der Waals surface area contributed by atoms with Gasteiger partial charge in [0.2, 0.25) is 0 Å². The summed E-state index contributed by atoms with van der Waals surface area (Å²) in [5.74, 6) is -0.355. The lowest BCUT2D eigenvalue weighted by molar-refractivity contribution is -0.137. The largest absolute Gasteiger partial charge is 0.463 e. The van der Waals surface area contributed by atoms with Crippen LogP contribution in [0.2, 0.25) is 0 Å². The highest BCUT2D eigenvalue weighted by atomic mass is 16.5. The standard InChI is InChI=1S/C10H18O3/c1-4-9(11)8(3)6-7-10(12)13-5-2/h6-9,11H,4-5H2,1-3H3/b7-6+. The first-order valence-electron chi connectivity index (χ1n) is 4.64. The van der Waals surface area contributed by atoms with Gasteiger partial charge in [-0.1, -0.05) is 19.9 Å². The van der Waals surface area contributed by atoms with Crippen molar-refractivity contribution in [1.29, 1.82) is 0 Å². The zero-order valence-corrected chi connectivity index (χ0v) is 8.49. The van der Waals surface area contributed by atoms with Gasteiger partial charge in [0, 0.05) is 12.0 Å². The zero-order valence-electron chi connectivity index (χ0n) is 8.49. The second-order valence-electron chi connectivity index (χ2n) is 2.95. The van der Waals surface area contributed by atoms with E-state index in [1.165, 1.54) is 6.08 Å². The van der Waals surface area contributed by atoms with Crippen molar-refractivity contribution in [3.8, 4) is 0 Å². The molecule has 0 aromatic rings. The van der Waals surface area contributed by atoms with E-state index in [0.717, 1.165) is 0 Å². The topological polar surface area (TPSA) is 46.5 Å². The van der Waals surface area contributed by atoms with Gasteiger partial charge in [-0.25, -0.2) is 4.79 Å². The number of aliphatic hydroxyl groups excluding tert-OH is 1. The highest BCUT2D eigenvalue weighted by Gasteiger charge is 2.08. The monoisotopic (exact) mass is 186 g/mol. The SMILES string of the molecule is CCOC(=O)/C=C/C(C)C(O)CC. The minimum atomic E-state index is -0.384. The van der Waals surface area contributed by atoms with Crippen LogP contribution in [0.1, 0.15) is 27.2 Å². The molecular weight excluding hydrogens is 168 g/mol. The highest BCUT2D eigenvalue weighted by Crippen LogP contribution is 2.07. The Hall–Kier alpha value is -0.830. The van der Waals surface area contributed by atoms with Crippen LogP contribution in [0.3, 0.4) is 0 Å². The summed E-state index contributed by atoms with van der Waals surface area (Å²) < 4.78 is 4.70. The molecule has 0 rings (SSSR count). The third-order valence-corrected chi connectivity index (χ3v) is 1.85. The highest BCUT2D eigenvalue weighted by molar-refractivity contribution is 5.81. The molecule has 0 aliphatic carbocycles. The Labute approximate surface area is 79.4 Å². The summed E-state index contributed by atoms with van der Waals surface area (Å²) in [7, 11) is 0. The second kappa shape index (κ2) is 6.66. The normalized spacial score (nSPS) is 15.7. The van der Waals surface area contributed by atoms with E-state index in [4.69, 9.17) is 4.74 Å². The van der Waals surface area contributed by atoms with Crippen molar-refractivity contribution in [3.63, 3.8) is 0 Å². The zero-order chi connectivity index (χ0) is 10.3. The molecule has 0 aliphatic heterocycles. The van der Waals surface area contributed by atoms with Crippen molar-refractivity contribution in [1.82, 2.24) is 0 Å². The number of rotatable bonds is 5. The number of hydrogen-bond acceptors (Lipinski definition) is 3. The van der Waals surface area contributed by atoms with Crippen molar-refractivity contribution in [2.24, 2.45) is 5.92 Å². The molecule has 0 aliphatic rings.